The van der Waals surface area contributed by atoms with Crippen LogP contribution >= 0.6 is 0 Å². The van der Waals surface area contributed by atoms with Crippen molar-refractivity contribution in [2.75, 3.05) is 13.1 Å². The summed E-state index contributed by atoms with van der Waals surface area (Å²) in [6.07, 6.45) is 5.29. The quantitative estimate of drug-likeness (QED) is 0.748. The molecule has 1 fully saturated rings. The van der Waals surface area contributed by atoms with Gasteiger partial charge < -0.3 is 5.32 Å². The molecule has 1 aliphatic rings. The third kappa shape index (κ3) is 3.51. The number of benzene rings is 1. The first kappa shape index (κ1) is 16.5. The van der Waals surface area contributed by atoms with Gasteiger partial charge in [-0.25, -0.2) is 0 Å². The molecule has 0 amide bonds. The summed E-state index contributed by atoms with van der Waals surface area (Å²) in [5.74, 6) is 0.780. The Labute approximate surface area is 131 Å². The van der Waals surface area contributed by atoms with Gasteiger partial charge in [-0.2, -0.15) is 0 Å². The molecule has 0 saturated heterocycles. The maximum atomic E-state index is 3.69. The molecular weight excluding hydrogens is 254 g/mol. The fraction of sp³-hybridized carbons (Fsp3) is 0.700. The van der Waals surface area contributed by atoms with Crippen LogP contribution in [0.15, 0.2) is 24.3 Å². The molecule has 1 nitrogen and oxygen atoms in total. The van der Waals surface area contributed by atoms with E-state index in [0.717, 1.165) is 19.0 Å². The zero-order chi connectivity index (χ0) is 15.5. The van der Waals surface area contributed by atoms with Crippen LogP contribution in [-0.2, 0) is 10.8 Å². The summed E-state index contributed by atoms with van der Waals surface area (Å²) in [6, 6.07) is 9.50. The minimum absolute atomic E-state index is 0.243. The third-order valence-electron chi connectivity index (χ3n) is 5.40. The van der Waals surface area contributed by atoms with Crippen LogP contribution in [0.4, 0.5) is 0 Å². The fourth-order valence-electron chi connectivity index (χ4n) is 3.83. The van der Waals surface area contributed by atoms with Crippen LogP contribution in [0.25, 0.3) is 0 Å². The van der Waals surface area contributed by atoms with Crippen molar-refractivity contribution in [3.05, 3.63) is 35.4 Å². The normalized spacial score (nSPS) is 26.2. The zero-order valence-electron chi connectivity index (χ0n) is 14.6. The molecule has 2 unspecified atom stereocenters. The van der Waals surface area contributed by atoms with Gasteiger partial charge in [0, 0.05) is 12.0 Å². The van der Waals surface area contributed by atoms with Gasteiger partial charge in [-0.3, -0.25) is 0 Å². The van der Waals surface area contributed by atoms with Crippen molar-refractivity contribution >= 4 is 0 Å². The molecule has 2 rings (SSSR count). The van der Waals surface area contributed by atoms with Gasteiger partial charge in [0.1, 0.15) is 0 Å². The maximum absolute atomic E-state index is 3.69. The van der Waals surface area contributed by atoms with E-state index >= 15 is 0 Å². The first-order valence-corrected chi connectivity index (χ1v) is 8.72. The highest BCUT2D eigenvalue weighted by atomic mass is 14.9. The molecule has 0 heterocycles. The van der Waals surface area contributed by atoms with E-state index in [0.29, 0.717) is 5.41 Å². The van der Waals surface area contributed by atoms with Crippen LogP contribution in [0.2, 0.25) is 0 Å². The van der Waals surface area contributed by atoms with Gasteiger partial charge in [-0.05, 0) is 48.3 Å². The Bertz CT molecular complexity index is 440. The molecule has 0 radical (unpaired) electrons. The van der Waals surface area contributed by atoms with E-state index in [1.54, 1.807) is 5.56 Å². The summed E-state index contributed by atoms with van der Waals surface area (Å²) < 4.78 is 0. The molecule has 1 aliphatic carbocycles. The molecular formula is C20H33N. The summed E-state index contributed by atoms with van der Waals surface area (Å²) in [5, 5.41) is 3.69. The molecule has 0 aliphatic heterocycles. The lowest BCUT2D eigenvalue weighted by Crippen LogP contribution is -2.40. The number of rotatable bonds is 5. The van der Waals surface area contributed by atoms with Crippen molar-refractivity contribution in [2.24, 2.45) is 5.92 Å². The highest BCUT2D eigenvalue weighted by molar-refractivity contribution is 5.34. The summed E-state index contributed by atoms with van der Waals surface area (Å²) in [7, 11) is 0. The Morgan fingerprint density at radius 1 is 1.19 bits per heavy atom. The van der Waals surface area contributed by atoms with E-state index in [1.807, 2.05) is 0 Å². The maximum Gasteiger partial charge on any atom is 0.0103 e. The van der Waals surface area contributed by atoms with Gasteiger partial charge in [0.2, 0.25) is 0 Å². The minimum atomic E-state index is 0.243. The monoisotopic (exact) mass is 287 g/mol. The second-order valence-corrected chi connectivity index (χ2v) is 7.95. The molecule has 21 heavy (non-hydrogen) atoms. The Balaban J connectivity index is 2.25. The molecule has 0 spiro atoms. The third-order valence-corrected chi connectivity index (χ3v) is 5.40. The molecule has 1 aromatic rings. The largest absolute Gasteiger partial charge is 0.316 e. The average molecular weight is 287 g/mol. The van der Waals surface area contributed by atoms with Crippen LogP contribution in [0.1, 0.15) is 71.4 Å². The van der Waals surface area contributed by atoms with Crippen molar-refractivity contribution in [1.82, 2.24) is 5.32 Å². The first-order valence-electron chi connectivity index (χ1n) is 8.72. The van der Waals surface area contributed by atoms with Gasteiger partial charge in [0.15, 0.2) is 0 Å². The van der Waals surface area contributed by atoms with E-state index in [9.17, 15) is 0 Å². The molecule has 1 saturated carbocycles. The standard InChI is InChI=1S/C20H33N/c1-6-14-21-15-20(13-7-8-16(20)2)18-11-9-17(10-12-18)19(3,4)5/h9-12,16,21H,6-8,13-15H2,1-5H3. The minimum Gasteiger partial charge on any atom is -0.316 e. The summed E-state index contributed by atoms with van der Waals surface area (Å²) in [4.78, 5) is 0. The lowest BCUT2D eigenvalue weighted by molar-refractivity contribution is 0.318. The number of nitrogens with one attached hydrogen (secondary N) is 1. The lowest BCUT2D eigenvalue weighted by atomic mass is 9.72. The fourth-order valence-corrected chi connectivity index (χ4v) is 3.83. The van der Waals surface area contributed by atoms with Crippen LogP contribution in [0.3, 0.4) is 0 Å². The summed E-state index contributed by atoms with van der Waals surface area (Å²) in [5.41, 5.74) is 3.58. The molecule has 2 atom stereocenters. The van der Waals surface area contributed by atoms with Gasteiger partial charge in [0.25, 0.3) is 0 Å². The van der Waals surface area contributed by atoms with Crippen molar-refractivity contribution < 1.29 is 0 Å². The molecule has 1 heteroatoms. The molecule has 118 valence electrons. The molecule has 1 aromatic carbocycles. The summed E-state index contributed by atoms with van der Waals surface area (Å²) in [6.45, 7) is 13.8. The predicted octanol–water partition coefficient (Wildman–Crippen LogP) is 5.04. The van der Waals surface area contributed by atoms with Crippen LogP contribution in [0.5, 0.6) is 0 Å². The predicted molar refractivity (Wildman–Crippen MR) is 93.0 cm³/mol. The number of hydrogen-bond acceptors (Lipinski definition) is 1. The number of hydrogen-bond donors (Lipinski definition) is 1. The topological polar surface area (TPSA) is 12.0 Å². The smallest absolute Gasteiger partial charge is 0.0103 e. The Hall–Kier alpha value is -0.820. The Morgan fingerprint density at radius 2 is 1.86 bits per heavy atom. The SMILES string of the molecule is CCCNCC1(c2ccc(C(C)(C)C)cc2)CCCC1C. The van der Waals surface area contributed by atoms with Crippen molar-refractivity contribution in [1.29, 1.82) is 0 Å². The molecule has 0 bridgehead atoms. The van der Waals surface area contributed by atoms with E-state index in [1.165, 1.54) is 31.2 Å². The Kier molecular flexibility index (Phi) is 5.14. The van der Waals surface area contributed by atoms with E-state index in [2.05, 4.69) is 64.2 Å². The van der Waals surface area contributed by atoms with E-state index in [-0.39, 0.29) is 5.41 Å². The summed E-state index contributed by atoms with van der Waals surface area (Å²) >= 11 is 0. The van der Waals surface area contributed by atoms with E-state index < -0.39 is 0 Å². The lowest BCUT2D eigenvalue weighted by Gasteiger charge is -2.35. The van der Waals surface area contributed by atoms with E-state index in [4.69, 9.17) is 0 Å². The van der Waals surface area contributed by atoms with Gasteiger partial charge in [0.05, 0.1) is 0 Å². The molecule has 1 N–H and O–H groups in total. The van der Waals surface area contributed by atoms with Crippen LogP contribution in [0, 0.1) is 5.92 Å². The zero-order valence-corrected chi connectivity index (χ0v) is 14.6. The van der Waals surface area contributed by atoms with Crippen molar-refractivity contribution in [3.8, 4) is 0 Å². The molecule has 0 aromatic heterocycles. The second-order valence-electron chi connectivity index (χ2n) is 7.95. The van der Waals surface area contributed by atoms with Gasteiger partial charge >= 0.3 is 0 Å². The van der Waals surface area contributed by atoms with Crippen molar-refractivity contribution in [3.63, 3.8) is 0 Å². The highest BCUT2D eigenvalue weighted by Gasteiger charge is 2.41. The average Bonchev–Trinajstić information content (AvgIpc) is 2.81. The van der Waals surface area contributed by atoms with Crippen LogP contribution < -0.4 is 5.32 Å². The van der Waals surface area contributed by atoms with Gasteiger partial charge in [-0.1, -0.05) is 65.3 Å². The van der Waals surface area contributed by atoms with Crippen LogP contribution in [-0.4, -0.2) is 13.1 Å². The van der Waals surface area contributed by atoms with Crippen molar-refractivity contribution in [2.45, 2.75) is 71.1 Å². The highest BCUT2D eigenvalue weighted by Crippen LogP contribution is 2.45. The van der Waals surface area contributed by atoms with Gasteiger partial charge in [-0.15, -0.1) is 0 Å². The second kappa shape index (κ2) is 6.52. The Morgan fingerprint density at radius 3 is 2.33 bits per heavy atom. The first-order chi connectivity index (χ1) is 9.90.